The Hall–Kier alpha value is -2.64. The van der Waals surface area contributed by atoms with E-state index in [1.54, 1.807) is 21.0 Å². The summed E-state index contributed by atoms with van der Waals surface area (Å²) in [5.74, 6) is -0.755. The lowest BCUT2D eigenvalue weighted by Crippen LogP contribution is -2.22. The highest BCUT2D eigenvalue weighted by atomic mass is 16.6. The highest BCUT2D eigenvalue weighted by molar-refractivity contribution is 6.06. The van der Waals surface area contributed by atoms with Crippen LogP contribution in [0.15, 0.2) is 24.3 Å². The number of amides is 1. The summed E-state index contributed by atoms with van der Waals surface area (Å²) < 4.78 is 10.1. The highest BCUT2D eigenvalue weighted by Crippen LogP contribution is 2.21. The molecule has 2 N–H and O–H groups in total. The SMILES string of the molecule is CCN(CC)Cc1cccc(NC(=O)c2[nH]c(C)c(C(=O)OCCOC)c2C)c1. The standard InChI is InChI=1S/C22H31N3O4/c1-6-25(7-2)14-17-9-8-10-18(13-17)24-21(26)20-15(3)19(16(4)23-20)22(27)29-12-11-28-5/h8-10,13,23H,6-7,11-12,14H2,1-5H3,(H,24,26). The molecule has 2 rings (SSSR count). The minimum Gasteiger partial charge on any atom is -0.460 e. The molecule has 1 amide bonds. The molecule has 2 aromatic rings. The van der Waals surface area contributed by atoms with Crippen LogP contribution < -0.4 is 5.32 Å². The summed E-state index contributed by atoms with van der Waals surface area (Å²) in [5, 5.41) is 2.92. The zero-order valence-corrected chi connectivity index (χ0v) is 17.9. The number of aryl methyl sites for hydroxylation is 1. The van der Waals surface area contributed by atoms with E-state index < -0.39 is 5.97 Å². The summed E-state index contributed by atoms with van der Waals surface area (Å²) >= 11 is 0. The maximum atomic E-state index is 12.8. The van der Waals surface area contributed by atoms with Crippen molar-refractivity contribution in [2.45, 2.75) is 34.2 Å². The molecule has 0 radical (unpaired) electrons. The topological polar surface area (TPSA) is 83.7 Å². The molecule has 0 saturated carbocycles. The second-order valence-corrected chi connectivity index (χ2v) is 6.87. The number of anilines is 1. The monoisotopic (exact) mass is 401 g/mol. The fraction of sp³-hybridized carbons (Fsp3) is 0.455. The molecule has 0 fully saturated rings. The van der Waals surface area contributed by atoms with E-state index in [9.17, 15) is 9.59 Å². The number of aromatic nitrogens is 1. The number of nitrogens with zero attached hydrogens (tertiary/aromatic N) is 1. The maximum Gasteiger partial charge on any atom is 0.340 e. The number of carbonyl (C=O) groups excluding carboxylic acids is 2. The van der Waals surface area contributed by atoms with Crippen LogP contribution in [0.25, 0.3) is 0 Å². The number of hydrogen-bond acceptors (Lipinski definition) is 5. The number of methoxy groups -OCH3 is 1. The Balaban J connectivity index is 2.13. The van der Waals surface area contributed by atoms with E-state index in [2.05, 4.69) is 29.0 Å². The number of nitrogens with one attached hydrogen (secondary N) is 2. The van der Waals surface area contributed by atoms with Gasteiger partial charge in [0.05, 0.1) is 12.2 Å². The van der Waals surface area contributed by atoms with E-state index >= 15 is 0 Å². The molecule has 158 valence electrons. The molecule has 0 aliphatic rings. The van der Waals surface area contributed by atoms with E-state index in [4.69, 9.17) is 9.47 Å². The first kappa shape index (κ1) is 22.6. The zero-order chi connectivity index (χ0) is 21.4. The number of hydrogen-bond donors (Lipinski definition) is 2. The zero-order valence-electron chi connectivity index (χ0n) is 17.9. The fourth-order valence-electron chi connectivity index (χ4n) is 3.22. The minimum atomic E-state index is -0.464. The molecule has 0 spiro atoms. The van der Waals surface area contributed by atoms with Crippen LogP contribution in [-0.4, -0.2) is 55.2 Å². The summed E-state index contributed by atoms with van der Waals surface area (Å²) in [4.78, 5) is 30.5. The molecule has 0 aliphatic carbocycles. The minimum absolute atomic E-state index is 0.167. The van der Waals surface area contributed by atoms with Gasteiger partial charge in [0.25, 0.3) is 5.91 Å². The van der Waals surface area contributed by atoms with Gasteiger partial charge in [0.2, 0.25) is 0 Å². The van der Waals surface area contributed by atoms with E-state index in [0.717, 1.165) is 30.9 Å². The lowest BCUT2D eigenvalue weighted by atomic mass is 10.1. The molecule has 0 aliphatic heterocycles. The van der Waals surface area contributed by atoms with Crippen molar-refractivity contribution in [3.63, 3.8) is 0 Å². The van der Waals surface area contributed by atoms with Gasteiger partial charge in [-0.15, -0.1) is 0 Å². The van der Waals surface area contributed by atoms with Crippen molar-refractivity contribution in [1.29, 1.82) is 0 Å². The summed E-state index contributed by atoms with van der Waals surface area (Å²) in [5.41, 5.74) is 3.77. The quantitative estimate of drug-likeness (QED) is 0.470. The number of rotatable bonds is 10. The maximum absolute atomic E-state index is 12.8. The van der Waals surface area contributed by atoms with Crippen molar-refractivity contribution in [1.82, 2.24) is 9.88 Å². The average molecular weight is 402 g/mol. The van der Waals surface area contributed by atoms with Crippen molar-refractivity contribution in [3.05, 3.63) is 52.3 Å². The first-order valence-corrected chi connectivity index (χ1v) is 9.89. The molecule has 1 aromatic carbocycles. The highest BCUT2D eigenvalue weighted by Gasteiger charge is 2.23. The van der Waals surface area contributed by atoms with E-state index in [1.807, 2.05) is 24.3 Å². The second kappa shape index (κ2) is 10.8. The number of aromatic amines is 1. The van der Waals surface area contributed by atoms with Gasteiger partial charge in [-0.3, -0.25) is 9.69 Å². The van der Waals surface area contributed by atoms with Crippen LogP contribution in [0.4, 0.5) is 5.69 Å². The number of benzene rings is 1. The number of ether oxygens (including phenoxy) is 2. The van der Waals surface area contributed by atoms with Gasteiger partial charge in [0.1, 0.15) is 12.3 Å². The Kier molecular flexibility index (Phi) is 8.42. The van der Waals surface area contributed by atoms with Crippen molar-refractivity contribution in [2.24, 2.45) is 0 Å². The van der Waals surface area contributed by atoms with Gasteiger partial charge >= 0.3 is 5.97 Å². The predicted molar refractivity (Wildman–Crippen MR) is 113 cm³/mol. The van der Waals surface area contributed by atoms with Gasteiger partial charge < -0.3 is 19.8 Å². The van der Waals surface area contributed by atoms with E-state index in [1.165, 1.54) is 0 Å². The Morgan fingerprint density at radius 3 is 2.52 bits per heavy atom. The Labute approximate surface area is 172 Å². The number of carbonyl (C=O) groups is 2. The van der Waals surface area contributed by atoms with Crippen LogP contribution in [0.3, 0.4) is 0 Å². The molecule has 7 nitrogen and oxygen atoms in total. The Morgan fingerprint density at radius 2 is 1.86 bits per heavy atom. The van der Waals surface area contributed by atoms with Gasteiger partial charge in [0, 0.05) is 25.0 Å². The van der Waals surface area contributed by atoms with E-state index in [-0.39, 0.29) is 12.5 Å². The summed E-state index contributed by atoms with van der Waals surface area (Å²) in [7, 11) is 1.54. The van der Waals surface area contributed by atoms with Crippen LogP contribution in [0.5, 0.6) is 0 Å². The number of esters is 1. The summed E-state index contributed by atoms with van der Waals surface area (Å²) in [6, 6.07) is 7.81. The van der Waals surface area contributed by atoms with Crippen LogP contribution in [0, 0.1) is 13.8 Å². The predicted octanol–water partition coefficient (Wildman–Crippen LogP) is 3.53. The van der Waals surface area contributed by atoms with Crippen LogP contribution in [0.2, 0.25) is 0 Å². The molecule has 0 atom stereocenters. The van der Waals surface area contributed by atoms with Crippen LogP contribution in [-0.2, 0) is 16.0 Å². The molecular formula is C22H31N3O4. The third-order valence-corrected chi connectivity index (χ3v) is 4.87. The third kappa shape index (κ3) is 5.92. The Bertz CT molecular complexity index is 841. The second-order valence-electron chi connectivity index (χ2n) is 6.87. The van der Waals surface area contributed by atoms with Gasteiger partial charge in [0.15, 0.2) is 0 Å². The first-order valence-electron chi connectivity index (χ1n) is 9.89. The molecule has 0 unspecified atom stereocenters. The third-order valence-electron chi connectivity index (χ3n) is 4.87. The first-order chi connectivity index (χ1) is 13.9. The fourth-order valence-corrected chi connectivity index (χ4v) is 3.22. The lowest BCUT2D eigenvalue weighted by Gasteiger charge is -2.18. The van der Waals surface area contributed by atoms with Crippen molar-refractivity contribution < 1.29 is 19.1 Å². The van der Waals surface area contributed by atoms with Gasteiger partial charge in [-0.2, -0.15) is 0 Å². The van der Waals surface area contributed by atoms with Gasteiger partial charge in [-0.25, -0.2) is 4.79 Å². The van der Waals surface area contributed by atoms with Gasteiger partial charge in [-0.05, 0) is 50.2 Å². The van der Waals surface area contributed by atoms with Crippen molar-refractivity contribution >= 4 is 17.6 Å². The molecule has 1 aromatic heterocycles. The smallest absolute Gasteiger partial charge is 0.340 e. The molecule has 29 heavy (non-hydrogen) atoms. The van der Waals surface area contributed by atoms with Crippen LogP contribution in [0.1, 0.15) is 51.5 Å². The normalized spacial score (nSPS) is 11.0. The molecular weight excluding hydrogens is 370 g/mol. The average Bonchev–Trinajstić information content (AvgIpc) is 3.00. The van der Waals surface area contributed by atoms with E-state index in [0.29, 0.717) is 29.1 Å². The summed E-state index contributed by atoms with van der Waals surface area (Å²) in [6.07, 6.45) is 0. The Morgan fingerprint density at radius 1 is 1.14 bits per heavy atom. The molecule has 0 bridgehead atoms. The van der Waals surface area contributed by atoms with Crippen LogP contribution >= 0.6 is 0 Å². The molecule has 0 saturated heterocycles. The van der Waals surface area contributed by atoms with Crippen molar-refractivity contribution in [3.8, 4) is 0 Å². The number of H-pyrrole nitrogens is 1. The summed E-state index contributed by atoms with van der Waals surface area (Å²) in [6.45, 7) is 11.0. The lowest BCUT2D eigenvalue weighted by molar-refractivity contribution is 0.0387. The largest absolute Gasteiger partial charge is 0.460 e. The van der Waals surface area contributed by atoms with Gasteiger partial charge in [-0.1, -0.05) is 26.0 Å². The molecule has 1 heterocycles. The van der Waals surface area contributed by atoms with Crippen molar-refractivity contribution in [2.75, 3.05) is 38.7 Å². The molecule has 7 heteroatoms.